The van der Waals surface area contributed by atoms with Crippen molar-refractivity contribution in [2.75, 3.05) is 45.6 Å². The molecule has 1 saturated carbocycles. The Morgan fingerprint density at radius 2 is 2.21 bits per heavy atom. The van der Waals surface area contributed by atoms with Crippen LogP contribution < -0.4 is 5.32 Å². The molecule has 0 radical (unpaired) electrons. The summed E-state index contributed by atoms with van der Waals surface area (Å²) in [5.41, 5.74) is 1.24. The molecule has 2 fully saturated rings. The Kier molecular flexibility index (Phi) is 4.26. The molecular formula is C17H27N7. The van der Waals surface area contributed by atoms with Crippen LogP contribution in [0.4, 0.5) is 5.82 Å². The Hall–Kier alpha value is -1.89. The minimum absolute atomic E-state index is 0.691. The van der Waals surface area contributed by atoms with Crippen molar-refractivity contribution >= 4 is 17.6 Å². The van der Waals surface area contributed by atoms with Crippen LogP contribution in [0.25, 0.3) is 0 Å². The molecule has 0 amide bonds. The molecule has 4 rings (SSSR count). The third-order valence-corrected chi connectivity index (χ3v) is 4.92. The third kappa shape index (κ3) is 3.61. The predicted octanol–water partition coefficient (Wildman–Crippen LogP) is 1.74. The summed E-state index contributed by atoms with van der Waals surface area (Å²) in [5, 5.41) is 10.9. The smallest absolute Gasteiger partial charge is 0.222 e. The van der Waals surface area contributed by atoms with Crippen molar-refractivity contribution in [3.8, 4) is 0 Å². The van der Waals surface area contributed by atoms with Gasteiger partial charge in [0.2, 0.25) is 5.96 Å². The summed E-state index contributed by atoms with van der Waals surface area (Å²) < 4.78 is 0. The molecule has 1 atom stereocenters. The first kappa shape index (κ1) is 15.6. The Morgan fingerprint density at radius 3 is 3.00 bits per heavy atom. The number of rotatable bonds is 4. The fraction of sp³-hybridized carbons (Fsp3) is 0.706. The van der Waals surface area contributed by atoms with Crippen LogP contribution in [0, 0.1) is 5.92 Å². The van der Waals surface area contributed by atoms with E-state index in [0.29, 0.717) is 11.8 Å². The summed E-state index contributed by atoms with van der Waals surface area (Å²) in [4.78, 5) is 14.0. The van der Waals surface area contributed by atoms with E-state index < -0.39 is 0 Å². The second-order valence-corrected chi connectivity index (χ2v) is 7.46. The number of aromatic nitrogens is 2. The number of hydrogen-bond donors (Lipinski definition) is 2. The Balaban J connectivity index is 1.37. The minimum Gasteiger partial charge on any atom is -0.341 e. The van der Waals surface area contributed by atoms with Gasteiger partial charge in [0.05, 0.1) is 0 Å². The third-order valence-electron chi connectivity index (χ3n) is 4.92. The summed E-state index contributed by atoms with van der Waals surface area (Å²) >= 11 is 0. The van der Waals surface area contributed by atoms with Gasteiger partial charge in [-0.15, -0.1) is 0 Å². The maximum Gasteiger partial charge on any atom is 0.222 e. The molecule has 3 aliphatic rings. The predicted molar refractivity (Wildman–Crippen MR) is 96.8 cm³/mol. The van der Waals surface area contributed by atoms with Crippen molar-refractivity contribution < 1.29 is 0 Å². The van der Waals surface area contributed by atoms with E-state index in [4.69, 9.17) is 4.99 Å². The van der Waals surface area contributed by atoms with Crippen molar-refractivity contribution in [2.45, 2.75) is 31.6 Å². The number of amidine groups is 1. The lowest BCUT2D eigenvalue weighted by Gasteiger charge is -2.22. The fourth-order valence-electron chi connectivity index (χ4n) is 3.57. The Morgan fingerprint density at radius 1 is 1.33 bits per heavy atom. The van der Waals surface area contributed by atoms with Gasteiger partial charge in [-0.1, -0.05) is 0 Å². The maximum atomic E-state index is 4.76. The van der Waals surface area contributed by atoms with Crippen LogP contribution in [-0.2, 0) is 0 Å². The molecule has 130 valence electrons. The van der Waals surface area contributed by atoms with E-state index in [1.807, 2.05) is 0 Å². The molecule has 0 unspecified atom stereocenters. The minimum atomic E-state index is 0.691. The van der Waals surface area contributed by atoms with Gasteiger partial charge in [-0.25, -0.2) is 4.99 Å². The van der Waals surface area contributed by atoms with E-state index in [1.54, 1.807) is 0 Å². The fourth-order valence-corrected chi connectivity index (χ4v) is 3.57. The largest absolute Gasteiger partial charge is 0.341 e. The van der Waals surface area contributed by atoms with Crippen molar-refractivity contribution in [2.24, 2.45) is 15.9 Å². The number of aromatic amines is 1. The molecule has 1 saturated heterocycles. The molecule has 3 heterocycles. The van der Waals surface area contributed by atoms with E-state index in [2.05, 4.69) is 50.5 Å². The number of aliphatic imine (C=N–C) groups is 2. The van der Waals surface area contributed by atoms with Crippen LogP contribution in [0.1, 0.15) is 37.3 Å². The zero-order chi connectivity index (χ0) is 16.5. The lowest BCUT2D eigenvalue weighted by molar-refractivity contribution is 0.328. The van der Waals surface area contributed by atoms with Crippen molar-refractivity contribution in [1.82, 2.24) is 20.0 Å². The monoisotopic (exact) mass is 329 g/mol. The summed E-state index contributed by atoms with van der Waals surface area (Å²) in [7, 11) is 4.28. The van der Waals surface area contributed by atoms with Gasteiger partial charge >= 0.3 is 0 Å². The first-order valence-corrected chi connectivity index (χ1v) is 9.01. The molecule has 1 aliphatic carbocycles. The Labute approximate surface area is 143 Å². The molecule has 1 aromatic heterocycles. The molecule has 7 nitrogen and oxygen atoms in total. The molecular weight excluding hydrogens is 302 g/mol. The highest BCUT2D eigenvalue weighted by Crippen LogP contribution is 2.39. The normalized spacial score (nSPS) is 24.3. The van der Waals surface area contributed by atoms with E-state index >= 15 is 0 Å². The van der Waals surface area contributed by atoms with Gasteiger partial charge in [0.15, 0.2) is 5.82 Å². The van der Waals surface area contributed by atoms with E-state index in [0.717, 1.165) is 50.2 Å². The van der Waals surface area contributed by atoms with Gasteiger partial charge < -0.3 is 15.1 Å². The number of nitrogens with zero attached hydrogens (tertiary/aromatic N) is 5. The second-order valence-electron chi connectivity index (χ2n) is 7.46. The molecule has 0 aromatic carbocycles. The summed E-state index contributed by atoms with van der Waals surface area (Å²) in [6.07, 6.45) is 4.63. The van der Waals surface area contributed by atoms with Crippen LogP contribution >= 0.6 is 0 Å². The van der Waals surface area contributed by atoms with Crippen LogP contribution in [0.2, 0.25) is 0 Å². The molecule has 0 spiro atoms. The van der Waals surface area contributed by atoms with E-state index in [9.17, 15) is 0 Å². The van der Waals surface area contributed by atoms with Crippen molar-refractivity contribution in [3.63, 3.8) is 0 Å². The molecule has 1 aromatic rings. The SMILES string of the molecule is CN(C)C[C@H]1CCN(C2=NCCC(Nc3cc(C4CC4)[nH]n3)=N2)C1. The number of nitrogens with one attached hydrogen (secondary N) is 2. The lowest BCUT2D eigenvalue weighted by atomic mass is 10.1. The highest BCUT2D eigenvalue weighted by Gasteiger charge is 2.27. The van der Waals surface area contributed by atoms with Gasteiger partial charge in [-0.2, -0.15) is 5.10 Å². The zero-order valence-corrected chi connectivity index (χ0v) is 14.6. The molecule has 2 N–H and O–H groups in total. The zero-order valence-electron chi connectivity index (χ0n) is 14.6. The van der Waals surface area contributed by atoms with Crippen molar-refractivity contribution in [3.05, 3.63) is 11.8 Å². The average Bonchev–Trinajstić information content (AvgIpc) is 3.13. The van der Waals surface area contributed by atoms with Crippen LogP contribution in [-0.4, -0.2) is 72.1 Å². The number of hydrogen-bond acceptors (Lipinski definition) is 6. The van der Waals surface area contributed by atoms with Gasteiger partial charge in [0.1, 0.15) is 5.84 Å². The van der Waals surface area contributed by atoms with E-state index in [-0.39, 0.29) is 0 Å². The number of guanidine groups is 1. The van der Waals surface area contributed by atoms with Crippen LogP contribution in [0.15, 0.2) is 16.1 Å². The first-order valence-electron chi connectivity index (χ1n) is 9.01. The summed E-state index contributed by atoms with van der Waals surface area (Å²) in [6.45, 7) is 4.05. The molecule has 2 aliphatic heterocycles. The maximum absolute atomic E-state index is 4.76. The highest BCUT2D eigenvalue weighted by atomic mass is 15.3. The van der Waals surface area contributed by atoms with E-state index in [1.165, 1.54) is 25.0 Å². The lowest BCUT2D eigenvalue weighted by Crippen LogP contribution is -2.33. The highest BCUT2D eigenvalue weighted by molar-refractivity contribution is 6.04. The summed E-state index contributed by atoms with van der Waals surface area (Å²) in [6, 6.07) is 2.12. The summed E-state index contributed by atoms with van der Waals surface area (Å²) in [5.74, 6) is 4.15. The van der Waals surface area contributed by atoms with Crippen molar-refractivity contribution in [1.29, 1.82) is 0 Å². The van der Waals surface area contributed by atoms with Gasteiger partial charge in [0.25, 0.3) is 0 Å². The average molecular weight is 329 g/mol. The molecule has 7 heteroatoms. The molecule has 0 bridgehead atoms. The quantitative estimate of drug-likeness (QED) is 0.883. The van der Waals surface area contributed by atoms with Gasteiger partial charge in [-0.05, 0) is 39.3 Å². The Bertz CT molecular complexity index is 641. The molecule has 24 heavy (non-hydrogen) atoms. The van der Waals surface area contributed by atoms with Crippen LogP contribution in [0.5, 0.6) is 0 Å². The standard InChI is InChI=1S/C17H27N7/c1-23(2)10-12-6-8-24(11-12)17-18-7-5-15(20-17)19-16-9-14(21-22-16)13-3-4-13/h9,12-13H,3-8,10-11H2,1-2H3,(H2,18,19,20,21,22)/t12-/m1/s1. The topological polar surface area (TPSA) is 71.9 Å². The number of H-pyrrole nitrogens is 1. The second kappa shape index (κ2) is 6.55. The number of likely N-dealkylation sites (tertiary alicyclic amines) is 1. The number of anilines is 1. The van der Waals surface area contributed by atoms with Gasteiger partial charge in [-0.3, -0.25) is 10.1 Å². The van der Waals surface area contributed by atoms with Crippen LogP contribution in [0.3, 0.4) is 0 Å². The first-order chi connectivity index (χ1) is 11.7. The van der Waals surface area contributed by atoms with Gasteiger partial charge in [0, 0.05) is 50.3 Å².